The molecule has 3 rings (SSSR count). The molecule has 0 saturated carbocycles. The second-order valence-corrected chi connectivity index (χ2v) is 4.31. The van der Waals surface area contributed by atoms with Gasteiger partial charge in [0, 0.05) is 5.56 Å². The highest BCUT2D eigenvalue weighted by Crippen LogP contribution is 2.35. The average Bonchev–Trinajstić information content (AvgIpc) is 2.93. The van der Waals surface area contributed by atoms with E-state index in [-0.39, 0.29) is 18.1 Å². The number of rotatable bonds is 3. The quantitative estimate of drug-likeness (QED) is 0.744. The van der Waals surface area contributed by atoms with Crippen molar-refractivity contribution in [2.45, 2.75) is 6.92 Å². The molecule has 6 heteroatoms. The van der Waals surface area contributed by atoms with Crippen molar-refractivity contribution in [1.82, 2.24) is 10.1 Å². The summed E-state index contributed by atoms with van der Waals surface area (Å²) >= 11 is 0. The topological polar surface area (TPSA) is 85.5 Å². The number of aromatic nitrogens is 2. The van der Waals surface area contributed by atoms with E-state index in [1.165, 1.54) is 6.20 Å². The molecule has 21 heavy (non-hydrogen) atoms. The highest BCUT2D eigenvalue weighted by atomic mass is 16.5. The van der Waals surface area contributed by atoms with Crippen LogP contribution in [0.3, 0.4) is 0 Å². The van der Waals surface area contributed by atoms with Crippen LogP contribution in [0.1, 0.15) is 17.4 Å². The summed E-state index contributed by atoms with van der Waals surface area (Å²) in [7, 11) is 0. The van der Waals surface area contributed by atoms with Gasteiger partial charge in [0.1, 0.15) is 5.69 Å². The van der Waals surface area contributed by atoms with Gasteiger partial charge in [-0.2, -0.15) is 0 Å². The molecule has 1 N–H and O–H groups in total. The second-order valence-electron chi connectivity index (χ2n) is 4.31. The normalized spacial score (nSPS) is 10.7. The molecule has 0 saturated heterocycles. The maximum absolute atomic E-state index is 11.8. The maximum atomic E-state index is 11.8. The predicted octanol–water partition coefficient (Wildman–Crippen LogP) is 2.77. The van der Waals surface area contributed by atoms with Crippen LogP contribution in [0.2, 0.25) is 0 Å². The van der Waals surface area contributed by atoms with Crippen molar-refractivity contribution in [3.8, 4) is 17.0 Å². The molecule has 2 heterocycles. The molecule has 0 unspecified atom stereocenters. The predicted molar refractivity (Wildman–Crippen MR) is 74.9 cm³/mol. The van der Waals surface area contributed by atoms with Gasteiger partial charge < -0.3 is 14.4 Å². The zero-order valence-corrected chi connectivity index (χ0v) is 11.2. The van der Waals surface area contributed by atoms with Gasteiger partial charge in [-0.05, 0) is 6.92 Å². The molecular weight excluding hydrogens is 272 g/mol. The number of hydrogen-bond acceptors (Lipinski definition) is 6. The van der Waals surface area contributed by atoms with Crippen LogP contribution in [0.4, 0.5) is 0 Å². The van der Waals surface area contributed by atoms with Crippen molar-refractivity contribution < 1.29 is 19.2 Å². The number of esters is 1. The van der Waals surface area contributed by atoms with Gasteiger partial charge in [-0.1, -0.05) is 35.5 Å². The molecule has 106 valence electrons. The molecule has 2 aromatic heterocycles. The van der Waals surface area contributed by atoms with Crippen molar-refractivity contribution in [3.63, 3.8) is 0 Å². The highest BCUT2D eigenvalue weighted by molar-refractivity contribution is 6.02. The summed E-state index contributed by atoms with van der Waals surface area (Å²) in [5.74, 6) is -0.969. The lowest BCUT2D eigenvalue weighted by Crippen LogP contribution is -2.07. The molecule has 0 spiro atoms. The van der Waals surface area contributed by atoms with Crippen LogP contribution >= 0.6 is 0 Å². The zero-order valence-electron chi connectivity index (χ0n) is 11.2. The molecular formula is C15H12N2O4. The standard InChI is InChI=1S/C15H12N2O4/c1-2-20-15(19)13-14(18)11-10(8-16-13)21-17-12(11)9-6-4-3-5-7-9/h3-8,18H,2H2,1H3. The smallest absolute Gasteiger partial charge is 0.360 e. The van der Waals surface area contributed by atoms with E-state index < -0.39 is 5.97 Å². The summed E-state index contributed by atoms with van der Waals surface area (Å²) in [6.07, 6.45) is 1.35. The Balaban J connectivity index is 2.20. The first-order chi connectivity index (χ1) is 10.2. The van der Waals surface area contributed by atoms with Crippen LogP contribution in [-0.2, 0) is 4.74 Å². The number of carbonyl (C=O) groups is 1. The SMILES string of the molecule is CCOC(=O)c1ncc2onc(-c3ccccc3)c2c1O. The van der Waals surface area contributed by atoms with Gasteiger partial charge in [0.05, 0.1) is 18.2 Å². The molecule has 0 atom stereocenters. The molecule has 6 nitrogen and oxygen atoms in total. The van der Waals surface area contributed by atoms with E-state index in [0.29, 0.717) is 16.7 Å². The van der Waals surface area contributed by atoms with E-state index in [9.17, 15) is 9.90 Å². The number of aromatic hydroxyl groups is 1. The fraction of sp³-hybridized carbons (Fsp3) is 0.133. The molecule has 0 aliphatic heterocycles. The van der Waals surface area contributed by atoms with Gasteiger partial charge in [-0.3, -0.25) is 0 Å². The summed E-state index contributed by atoms with van der Waals surface area (Å²) in [4.78, 5) is 15.7. The van der Waals surface area contributed by atoms with Crippen LogP contribution in [0.15, 0.2) is 41.1 Å². The number of pyridine rings is 1. The Morgan fingerprint density at radius 1 is 1.33 bits per heavy atom. The van der Waals surface area contributed by atoms with E-state index in [1.807, 2.05) is 30.3 Å². The second kappa shape index (κ2) is 5.24. The number of fused-ring (bicyclic) bond motifs is 1. The Morgan fingerprint density at radius 2 is 2.10 bits per heavy atom. The van der Waals surface area contributed by atoms with E-state index in [1.54, 1.807) is 6.92 Å². The van der Waals surface area contributed by atoms with Crippen molar-refractivity contribution in [2.75, 3.05) is 6.61 Å². The number of benzene rings is 1. The van der Waals surface area contributed by atoms with Crippen molar-refractivity contribution in [2.24, 2.45) is 0 Å². The summed E-state index contributed by atoms with van der Waals surface area (Å²) in [5.41, 5.74) is 1.38. The molecule has 0 bridgehead atoms. The van der Waals surface area contributed by atoms with Crippen LogP contribution in [0.25, 0.3) is 22.2 Å². The lowest BCUT2D eigenvalue weighted by atomic mass is 10.1. The van der Waals surface area contributed by atoms with E-state index in [2.05, 4.69) is 10.1 Å². The van der Waals surface area contributed by atoms with Gasteiger partial charge in [-0.25, -0.2) is 9.78 Å². The summed E-state index contributed by atoms with van der Waals surface area (Å²) in [6.45, 7) is 1.88. The number of ether oxygens (including phenoxy) is 1. The third-order valence-electron chi connectivity index (χ3n) is 3.01. The largest absolute Gasteiger partial charge is 0.505 e. The average molecular weight is 284 g/mol. The third kappa shape index (κ3) is 2.20. The van der Waals surface area contributed by atoms with Crippen LogP contribution < -0.4 is 0 Å². The fourth-order valence-corrected chi connectivity index (χ4v) is 2.06. The first-order valence-corrected chi connectivity index (χ1v) is 6.42. The Labute approximate surface area is 120 Å². The minimum atomic E-state index is -0.683. The number of nitrogens with zero attached hydrogens (tertiary/aromatic N) is 2. The summed E-state index contributed by atoms with van der Waals surface area (Å²) < 4.78 is 10.0. The maximum Gasteiger partial charge on any atom is 0.360 e. The van der Waals surface area contributed by atoms with E-state index >= 15 is 0 Å². The van der Waals surface area contributed by atoms with E-state index in [0.717, 1.165) is 5.56 Å². The first kappa shape index (κ1) is 13.1. The van der Waals surface area contributed by atoms with Crippen LogP contribution in [0, 0.1) is 0 Å². The lowest BCUT2D eigenvalue weighted by Gasteiger charge is -2.04. The van der Waals surface area contributed by atoms with Crippen molar-refractivity contribution >= 4 is 16.9 Å². The minimum absolute atomic E-state index is 0.148. The molecule has 1 aromatic carbocycles. The molecule has 0 aliphatic rings. The number of hydrogen-bond donors (Lipinski definition) is 1. The molecule has 0 fully saturated rings. The lowest BCUT2D eigenvalue weighted by molar-refractivity contribution is 0.0516. The summed E-state index contributed by atoms with van der Waals surface area (Å²) in [5, 5.41) is 14.6. The van der Waals surface area contributed by atoms with E-state index in [4.69, 9.17) is 9.26 Å². The molecule has 0 radical (unpaired) electrons. The highest BCUT2D eigenvalue weighted by Gasteiger charge is 2.22. The Morgan fingerprint density at radius 3 is 2.81 bits per heavy atom. The Kier molecular flexibility index (Phi) is 3.27. The molecule has 0 aliphatic carbocycles. The van der Waals surface area contributed by atoms with Crippen molar-refractivity contribution in [3.05, 3.63) is 42.2 Å². The number of carbonyl (C=O) groups excluding carboxylic acids is 1. The Bertz CT molecular complexity index is 796. The zero-order chi connectivity index (χ0) is 14.8. The van der Waals surface area contributed by atoms with Crippen LogP contribution in [0.5, 0.6) is 5.75 Å². The monoisotopic (exact) mass is 284 g/mol. The molecule has 3 aromatic rings. The van der Waals surface area contributed by atoms with Crippen molar-refractivity contribution in [1.29, 1.82) is 0 Å². The first-order valence-electron chi connectivity index (χ1n) is 6.42. The minimum Gasteiger partial charge on any atom is -0.505 e. The third-order valence-corrected chi connectivity index (χ3v) is 3.01. The van der Waals surface area contributed by atoms with Gasteiger partial charge in [0.2, 0.25) is 0 Å². The van der Waals surface area contributed by atoms with Gasteiger partial charge in [0.15, 0.2) is 17.0 Å². The fourth-order valence-electron chi connectivity index (χ4n) is 2.06. The Hall–Kier alpha value is -2.89. The van der Waals surface area contributed by atoms with Gasteiger partial charge >= 0.3 is 5.97 Å². The van der Waals surface area contributed by atoms with Gasteiger partial charge in [-0.15, -0.1) is 0 Å². The molecule has 0 amide bonds. The summed E-state index contributed by atoms with van der Waals surface area (Å²) in [6, 6.07) is 9.24. The van der Waals surface area contributed by atoms with Crippen LogP contribution in [-0.4, -0.2) is 27.8 Å². The van der Waals surface area contributed by atoms with Gasteiger partial charge in [0.25, 0.3) is 0 Å².